The zero-order chi connectivity index (χ0) is 7.68. The Balaban J connectivity index is 2.73. The van der Waals surface area contributed by atoms with Gasteiger partial charge in [-0.2, -0.15) is 0 Å². The standard InChI is InChI=1S/C6H6N4O/c11-4-3-9-5-6(10-4)8-2-1-7-5/h1-2,4,11H,3H2. The molecule has 1 aliphatic rings. The second-order valence-electron chi connectivity index (χ2n) is 2.15. The molecule has 0 spiro atoms. The molecule has 0 aliphatic carbocycles. The molecule has 1 N–H and O–H groups in total. The van der Waals surface area contributed by atoms with Crippen molar-refractivity contribution in [2.24, 2.45) is 9.98 Å². The summed E-state index contributed by atoms with van der Waals surface area (Å²) in [5.41, 5.74) is 0.934. The Morgan fingerprint density at radius 3 is 2.82 bits per heavy atom. The highest BCUT2D eigenvalue weighted by molar-refractivity contribution is 4.79. The first kappa shape index (κ1) is 6.36. The van der Waals surface area contributed by atoms with E-state index in [9.17, 15) is 0 Å². The zero-order valence-corrected chi connectivity index (χ0v) is 5.68. The molecule has 2 heterocycles. The van der Waals surface area contributed by atoms with Gasteiger partial charge < -0.3 is 5.11 Å². The summed E-state index contributed by atoms with van der Waals surface area (Å²) in [4.78, 5) is 15.6. The van der Waals surface area contributed by atoms with Crippen LogP contribution < -0.4 is 11.0 Å². The van der Waals surface area contributed by atoms with Crippen LogP contribution in [0.5, 0.6) is 0 Å². The fourth-order valence-corrected chi connectivity index (χ4v) is 0.876. The maximum absolute atomic E-state index is 9.03. The fraction of sp³-hybridized carbons (Fsp3) is 0.333. The molecule has 0 saturated heterocycles. The summed E-state index contributed by atoms with van der Waals surface area (Å²) in [5, 5.41) is 9.03. The molecule has 1 aromatic rings. The molecule has 5 heteroatoms. The Labute approximate surface area is 62.2 Å². The first-order chi connectivity index (χ1) is 5.36. The van der Waals surface area contributed by atoms with Gasteiger partial charge in [0.25, 0.3) is 0 Å². The topological polar surface area (TPSA) is 70.7 Å². The molecule has 5 nitrogen and oxygen atoms in total. The lowest BCUT2D eigenvalue weighted by Gasteiger charge is -2.03. The summed E-state index contributed by atoms with van der Waals surface area (Å²) in [6, 6.07) is 0. The van der Waals surface area contributed by atoms with Crippen LogP contribution in [0.3, 0.4) is 0 Å². The van der Waals surface area contributed by atoms with Gasteiger partial charge >= 0.3 is 0 Å². The number of aliphatic hydroxyl groups is 1. The van der Waals surface area contributed by atoms with Crippen LogP contribution in [0, 0.1) is 0 Å². The molecule has 0 radical (unpaired) electrons. The number of aromatic nitrogens is 2. The second-order valence-corrected chi connectivity index (χ2v) is 2.15. The average Bonchev–Trinajstić information content (AvgIpc) is 2.04. The number of rotatable bonds is 0. The first-order valence-corrected chi connectivity index (χ1v) is 3.24. The minimum absolute atomic E-state index is 0.283. The third kappa shape index (κ3) is 1.10. The summed E-state index contributed by atoms with van der Waals surface area (Å²) >= 11 is 0. The van der Waals surface area contributed by atoms with Crippen LogP contribution in [0.1, 0.15) is 0 Å². The van der Waals surface area contributed by atoms with Crippen molar-refractivity contribution < 1.29 is 5.11 Å². The van der Waals surface area contributed by atoms with E-state index in [1.54, 1.807) is 6.20 Å². The van der Waals surface area contributed by atoms with Crippen LogP contribution >= 0.6 is 0 Å². The van der Waals surface area contributed by atoms with Gasteiger partial charge in [-0.25, -0.2) is 15.0 Å². The lowest BCUT2D eigenvalue weighted by Crippen LogP contribution is -2.38. The molecule has 0 amide bonds. The van der Waals surface area contributed by atoms with Crippen LogP contribution in [0.15, 0.2) is 22.4 Å². The van der Waals surface area contributed by atoms with Gasteiger partial charge in [-0.15, -0.1) is 0 Å². The van der Waals surface area contributed by atoms with Crippen LogP contribution in [-0.4, -0.2) is 27.8 Å². The molecule has 2 rings (SSSR count). The molecule has 1 aromatic heterocycles. The maximum atomic E-state index is 9.03. The molecule has 0 aromatic carbocycles. The predicted octanol–water partition coefficient (Wildman–Crippen LogP) is -1.95. The molecule has 1 atom stereocenters. The third-order valence-corrected chi connectivity index (χ3v) is 1.34. The molecular weight excluding hydrogens is 144 g/mol. The molecule has 1 aliphatic heterocycles. The van der Waals surface area contributed by atoms with Crippen molar-refractivity contribution in [2.75, 3.05) is 6.54 Å². The van der Waals surface area contributed by atoms with E-state index < -0.39 is 6.23 Å². The zero-order valence-electron chi connectivity index (χ0n) is 5.68. The van der Waals surface area contributed by atoms with Gasteiger partial charge in [0, 0.05) is 12.4 Å². The summed E-state index contributed by atoms with van der Waals surface area (Å²) < 4.78 is 0. The molecule has 11 heavy (non-hydrogen) atoms. The number of fused-ring (bicyclic) bond motifs is 1. The lowest BCUT2D eigenvalue weighted by atomic mass is 10.5. The fourth-order valence-electron chi connectivity index (χ4n) is 0.876. The molecule has 0 saturated carbocycles. The van der Waals surface area contributed by atoms with E-state index in [1.165, 1.54) is 6.20 Å². The average molecular weight is 150 g/mol. The van der Waals surface area contributed by atoms with Gasteiger partial charge in [-0.05, 0) is 0 Å². The van der Waals surface area contributed by atoms with Crippen molar-refractivity contribution in [3.8, 4) is 0 Å². The van der Waals surface area contributed by atoms with E-state index >= 15 is 0 Å². The van der Waals surface area contributed by atoms with E-state index in [4.69, 9.17) is 5.11 Å². The van der Waals surface area contributed by atoms with Gasteiger partial charge in [0.2, 0.25) is 0 Å². The predicted molar refractivity (Wildman–Crippen MR) is 35.2 cm³/mol. The smallest absolute Gasteiger partial charge is 0.195 e. The monoisotopic (exact) mass is 150 g/mol. The van der Waals surface area contributed by atoms with Crippen LogP contribution in [0.25, 0.3) is 0 Å². The minimum Gasteiger partial charge on any atom is -0.370 e. The van der Waals surface area contributed by atoms with Crippen LogP contribution in [0.2, 0.25) is 0 Å². The SMILES string of the molecule is OC1CN=c2nccnc2=N1. The third-order valence-electron chi connectivity index (χ3n) is 1.34. The highest BCUT2D eigenvalue weighted by atomic mass is 16.3. The Bertz CT molecular complexity index is 374. The van der Waals surface area contributed by atoms with E-state index in [2.05, 4.69) is 20.0 Å². The summed E-state index contributed by atoms with van der Waals surface area (Å²) in [6.45, 7) is 0.283. The highest BCUT2D eigenvalue weighted by Crippen LogP contribution is 1.84. The highest BCUT2D eigenvalue weighted by Gasteiger charge is 2.04. The number of hydrogen-bond acceptors (Lipinski definition) is 5. The quantitative estimate of drug-likeness (QED) is 0.467. The second kappa shape index (κ2) is 2.35. The van der Waals surface area contributed by atoms with Crippen molar-refractivity contribution in [3.63, 3.8) is 0 Å². The van der Waals surface area contributed by atoms with Crippen molar-refractivity contribution in [2.45, 2.75) is 6.23 Å². The van der Waals surface area contributed by atoms with Gasteiger partial charge in [0.15, 0.2) is 17.2 Å². The molecule has 0 bridgehead atoms. The Kier molecular flexibility index (Phi) is 1.36. The molecular formula is C6H6N4O. The molecule has 56 valence electrons. The summed E-state index contributed by atoms with van der Waals surface area (Å²) in [5.74, 6) is 0. The van der Waals surface area contributed by atoms with Crippen molar-refractivity contribution in [1.29, 1.82) is 0 Å². The Morgan fingerprint density at radius 1 is 1.27 bits per heavy atom. The van der Waals surface area contributed by atoms with E-state index in [1.807, 2.05) is 0 Å². The van der Waals surface area contributed by atoms with E-state index in [0.717, 1.165) is 0 Å². The van der Waals surface area contributed by atoms with Gasteiger partial charge in [0.05, 0.1) is 6.54 Å². The molecule has 0 fully saturated rings. The lowest BCUT2D eigenvalue weighted by molar-refractivity contribution is 0.183. The van der Waals surface area contributed by atoms with Gasteiger partial charge in [-0.1, -0.05) is 0 Å². The van der Waals surface area contributed by atoms with Gasteiger partial charge in [0.1, 0.15) is 0 Å². The molecule has 1 unspecified atom stereocenters. The summed E-state index contributed by atoms with van der Waals surface area (Å²) in [7, 11) is 0. The van der Waals surface area contributed by atoms with E-state index in [-0.39, 0.29) is 6.54 Å². The van der Waals surface area contributed by atoms with Crippen LogP contribution in [0.4, 0.5) is 0 Å². The minimum atomic E-state index is -0.751. The Morgan fingerprint density at radius 2 is 2.00 bits per heavy atom. The van der Waals surface area contributed by atoms with E-state index in [0.29, 0.717) is 11.0 Å². The largest absolute Gasteiger partial charge is 0.370 e. The maximum Gasteiger partial charge on any atom is 0.195 e. The Hall–Kier alpha value is -1.36. The normalized spacial score (nSPS) is 21.4. The van der Waals surface area contributed by atoms with Crippen molar-refractivity contribution in [3.05, 3.63) is 23.4 Å². The summed E-state index contributed by atoms with van der Waals surface area (Å²) in [6.07, 6.45) is 2.32. The number of aliphatic hydroxyl groups excluding tert-OH is 1. The first-order valence-electron chi connectivity index (χ1n) is 3.24. The number of hydrogen-bond donors (Lipinski definition) is 1. The number of nitrogens with zero attached hydrogens (tertiary/aromatic N) is 4. The van der Waals surface area contributed by atoms with Crippen molar-refractivity contribution >= 4 is 0 Å². The van der Waals surface area contributed by atoms with Crippen molar-refractivity contribution in [1.82, 2.24) is 9.97 Å². The van der Waals surface area contributed by atoms with Gasteiger partial charge in [-0.3, -0.25) is 4.99 Å². The van der Waals surface area contributed by atoms with Crippen LogP contribution in [-0.2, 0) is 0 Å².